The van der Waals surface area contributed by atoms with Gasteiger partial charge in [-0.2, -0.15) is 0 Å². The Morgan fingerprint density at radius 3 is 2.62 bits per heavy atom. The maximum Gasteiger partial charge on any atom is 0.293 e. The number of thioether (sulfide) groups is 1. The van der Waals surface area contributed by atoms with Crippen molar-refractivity contribution in [1.82, 2.24) is 4.90 Å². The van der Waals surface area contributed by atoms with Crippen LogP contribution in [0.5, 0.6) is 11.5 Å². The fourth-order valence-corrected chi connectivity index (χ4v) is 3.53. The Hall–Kier alpha value is -1.47. The van der Waals surface area contributed by atoms with Crippen LogP contribution >= 0.6 is 27.7 Å². The van der Waals surface area contributed by atoms with Crippen LogP contribution in [0.25, 0.3) is 6.08 Å². The van der Waals surface area contributed by atoms with Crippen LogP contribution in [-0.2, 0) is 4.79 Å². The van der Waals surface area contributed by atoms with E-state index in [1.165, 1.54) is 4.90 Å². The number of amides is 2. The number of unbranched alkanes of at least 4 members (excludes halogenated alkanes) is 1. The van der Waals surface area contributed by atoms with Gasteiger partial charge in [0.1, 0.15) is 0 Å². The lowest BCUT2D eigenvalue weighted by Gasteiger charge is -2.12. The SMILES string of the molecule is CCCCN1C(=O)S/C(=C\c2cc(OC)c(OCC)cc2Br)C1=O. The highest BCUT2D eigenvalue weighted by Crippen LogP contribution is 2.38. The van der Waals surface area contributed by atoms with Gasteiger partial charge >= 0.3 is 0 Å². The van der Waals surface area contributed by atoms with Crippen molar-refractivity contribution >= 4 is 44.9 Å². The van der Waals surface area contributed by atoms with E-state index >= 15 is 0 Å². The first-order valence-corrected chi connectivity index (χ1v) is 9.38. The second-order valence-corrected chi connectivity index (χ2v) is 6.99. The highest BCUT2D eigenvalue weighted by molar-refractivity contribution is 9.10. The van der Waals surface area contributed by atoms with Crippen molar-refractivity contribution in [3.8, 4) is 11.5 Å². The highest BCUT2D eigenvalue weighted by atomic mass is 79.9. The summed E-state index contributed by atoms with van der Waals surface area (Å²) in [5.74, 6) is 0.967. The fourth-order valence-electron chi connectivity index (χ4n) is 2.24. The number of imide groups is 1. The molecule has 0 aliphatic carbocycles. The van der Waals surface area contributed by atoms with E-state index in [9.17, 15) is 9.59 Å². The van der Waals surface area contributed by atoms with E-state index in [4.69, 9.17) is 9.47 Å². The van der Waals surface area contributed by atoms with Gasteiger partial charge in [0.2, 0.25) is 0 Å². The van der Waals surface area contributed by atoms with Gasteiger partial charge in [0, 0.05) is 11.0 Å². The summed E-state index contributed by atoms with van der Waals surface area (Å²) >= 11 is 4.45. The Kier molecular flexibility index (Phi) is 6.74. The van der Waals surface area contributed by atoms with Crippen molar-refractivity contribution in [3.05, 3.63) is 27.1 Å². The van der Waals surface area contributed by atoms with Crippen LogP contribution in [0.15, 0.2) is 21.5 Å². The predicted molar refractivity (Wildman–Crippen MR) is 99.4 cm³/mol. The smallest absolute Gasteiger partial charge is 0.293 e. The van der Waals surface area contributed by atoms with Crippen LogP contribution in [0.1, 0.15) is 32.3 Å². The normalized spacial score (nSPS) is 16.2. The molecule has 1 aliphatic rings. The Balaban J connectivity index is 2.31. The van der Waals surface area contributed by atoms with Gasteiger partial charge in [-0.1, -0.05) is 29.3 Å². The third-order valence-corrected chi connectivity index (χ3v) is 5.07. The van der Waals surface area contributed by atoms with Crippen molar-refractivity contribution in [1.29, 1.82) is 0 Å². The van der Waals surface area contributed by atoms with Crippen LogP contribution in [0.3, 0.4) is 0 Å². The minimum Gasteiger partial charge on any atom is -0.493 e. The summed E-state index contributed by atoms with van der Waals surface area (Å²) in [5, 5.41) is -0.214. The first kappa shape index (κ1) is 18.9. The molecule has 0 spiro atoms. The van der Waals surface area contributed by atoms with E-state index in [2.05, 4.69) is 15.9 Å². The molecule has 0 unspecified atom stereocenters. The van der Waals surface area contributed by atoms with E-state index in [-0.39, 0.29) is 11.1 Å². The predicted octanol–water partition coefficient (Wildman–Crippen LogP) is 4.69. The average Bonchev–Trinajstić information content (AvgIpc) is 2.82. The summed E-state index contributed by atoms with van der Waals surface area (Å²) < 4.78 is 11.6. The molecule has 7 heteroatoms. The largest absolute Gasteiger partial charge is 0.493 e. The third-order valence-electron chi connectivity index (χ3n) is 3.48. The molecule has 5 nitrogen and oxygen atoms in total. The lowest BCUT2D eigenvalue weighted by Crippen LogP contribution is -2.29. The zero-order chi connectivity index (χ0) is 17.7. The minimum absolute atomic E-state index is 0.214. The fraction of sp³-hybridized carbons (Fsp3) is 0.412. The van der Waals surface area contributed by atoms with Crippen molar-refractivity contribution in [2.45, 2.75) is 26.7 Å². The zero-order valence-corrected chi connectivity index (χ0v) is 16.3. The molecule has 0 N–H and O–H groups in total. The van der Waals surface area contributed by atoms with Crippen LogP contribution in [0.4, 0.5) is 4.79 Å². The molecule has 0 aromatic heterocycles. The molecular formula is C17H20BrNO4S. The molecule has 1 saturated heterocycles. The Morgan fingerprint density at radius 1 is 1.25 bits per heavy atom. The van der Waals surface area contributed by atoms with Crippen LogP contribution in [0.2, 0.25) is 0 Å². The van der Waals surface area contributed by atoms with E-state index in [1.54, 1.807) is 25.3 Å². The lowest BCUT2D eigenvalue weighted by molar-refractivity contribution is -0.122. The van der Waals surface area contributed by atoms with Crippen LogP contribution < -0.4 is 9.47 Å². The van der Waals surface area contributed by atoms with Gasteiger partial charge in [-0.3, -0.25) is 14.5 Å². The first-order chi connectivity index (χ1) is 11.5. The topological polar surface area (TPSA) is 55.8 Å². The van der Waals surface area contributed by atoms with E-state index in [1.807, 2.05) is 13.8 Å². The lowest BCUT2D eigenvalue weighted by atomic mass is 10.2. The number of methoxy groups -OCH3 is 1. The van der Waals surface area contributed by atoms with Crippen LogP contribution in [-0.4, -0.2) is 36.3 Å². The van der Waals surface area contributed by atoms with Crippen molar-refractivity contribution < 1.29 is 19.1 Å². The molecule has 0 atom stereocenters. The Labute approximate surface area is 154 Å². The molecule has 1 aromatic carbocycles. The van der Waals surface area contributed by atoms with Crippen molar-refractivity contribution in [3.63, 3.8) is 0 Å². The Bertz CT molecular complexity index is 675. The molecule has 1 aromatic rings. The summed E-state index contributed by atoms with van der Waals surface area (Å²) in [4.78, 5) is 26.1. The monoisotopic (exact) mass is 413 g/mol. The number of hydrogen-bond donors (Lipinski definition) is 0. The van der Waals surface area contributed by atoms with E-state index < -0.39 is 0 Å². The number of carbonyl (C=O) groups is 2. The molecular weight excluding hydrogens is 394 g/mol. The summed E-state index contributed by atoms with van der Waals surface area (Å²) in [7, 11) is 1.56. The molecule has 2 amide bonds. The molecule has 1 aliphatic heterocycles. The molecule has 0 saturated carbocycles. The molecule has 1 heterocycles. The minimum atomic E-state index is -0.238. The third kappa shape index (κ3) is 4.13. The number of carbonyl (C=O) groups excluding carboxylic acids is 2. The molecule has 24 heavy (non-hydrogen) atoms. The van der Waals surface area contributed by atoms with Gasteiger partial charge in [-0.15, -0.1) is 0 Å². The summed E-state index contributed by atoms with van der Waals surface area (Å²) in [6.07, 6.45) is 3.45. The van der Waals surface area contributed by atoms with Gasteiger partial charge < -0.3 is 9.47 Å². The van der Waals surface area contributed by atoms with E-state index in [0.717, 1.165) is 34.6 Å². The van der Waals surface area contributed by atoms with Gasteiger partial charge in [0.15, 0.2) is 11.5 Å². The van der Waals surface area contributed by atoms with Gasteiger partial charge in [-0.05, 0) is 48.9 Å². The number of nitrogens with zero attached hydrogens (tertiary/aromatic N) is 1. The standard InChI is InChI=1S/C17H20BrNO4S/c1-4-6-7-19-16(20)15(24-17(19)21)9-11-8-13(22-3)14(23-5-2)10-12(11)18/h8-10H,4-7H2,1-3H3/b15-9-. The zero-order valence-electron chi connectivity index (χ0n) is 13.9. The van der Waals surface area contributed by atoms with E-state index in [0.29, 0.717) is 29.6 Å². The number of halogens is 1. The first-order valence-electron chi connectivity index (χ1n) is 7.77. The second kappa shape index (κ2) is 8.58. The molecule has 130 valence electrons. The summed E-state index contributed by atoms with van der Waals surface area (Å²) in [6.45, 7) is 4.91. The maximum absolute atomic E-state index is 12.4. The molecule has 1 fully saturated rings. The van der Waals surface area contributed by atoms with Gasteiger partial charge in [-0.25, -0.2) is 0 Å². The number of rotatable bonds is 7. The van der Waals surface area contributed by atoms with Crippen molar-refractivity contribution in [2.24, 2.45) is 0 Å². The Morgan fingerprint density at radius 2 is 2.00 bits per heavy atom. The molecule has 0 bridgehead atoms. The molecule has 2 rings (SSSR count). The summed E-state index contributed by atoms with van der Waals surface area (Å²) in [5.41, 5.74) is 0.760. The number of benzene rings is 1. The number of hydrogen-bond acceptors (Lipinski definition) is 5. The highest BCUT2D eigenvalue weighted by Gasteiger charge is 2.34. The van der Waals surface area contributed by atoms with Gasteiger partial charge in [0.05, 0.1) is 18.6 Å². The van der Waals surface area contributed by atoms with Gasteiger partial charge in [0.25, 0.3) is 11.1 Å². The molecule has 0 radical (unpaired) electrons. The number of ether oxygens (including phenoxy) is 2. The quantitative estimate of drug-likeness (QED) is 0.606. The summed E-state index contributed by atoms with van der Waals surface area (Å²) in [6, 6.07) is 3.59. The average molecular weight is 414 g/mol. The second-order valence-electron chi connectivity index (χ2n) is 5.14. The van der Waals surface area contributed by atoms with Crippen LogP contribution in [0, 0.1) is 0 Å². The maximum atomic E-state index is 12.4. The van der Waals surface area contributed by atoms with Crippen molar-refractivity contribution in [2.75, 3.05) is 20.3 Å².